The average molecular weight is 232 g/mol. The molecule has 1 aromatic carbocycles. The Morgan fingerprint density at radius 1 is 1.29 bits per heavy atom. The number of amides is 1. The van der Waals surface area contributed by atoms with Gasteiger partial charge >= 0.3 is 0 Å². The zero-order valence-corrected chi connectivity index (χ0v) is 9.29. The molecule has 0 aromatic heterocycles. The summed E-state index contributed by atoms with van der Waals surface area (Å²) in [5, 5.41) is 13.4. The highest BCUT2D eigenvalue weighted by Crippen LogP contribution is 2.26. The molecule has 2 rings (SSSR count). The van der Waals surface area contributed by atoms with E-state index in [1.165, 1.54) is 18.2 Å². The van der Waals surface area contributed by atoms with E-state index in [1.807, 2.05) is 13.0 Å². The SMILES string of the molecule is C[C@@H]1C=CC(=O)N[C@H]1c1ccc([N+](=O)[O-])cc1. The molecule has 1 N–H and O–H groups in total. The lowest BCUT2D eigenvalue weighted by Crippen LogP contribution is -2.34. The number of non-ortho nitro benzene ring substituents is 1. The van der Waals surface area contributed by atoms with Crippen molar-refractivity contribution in [2.75, 3.05) is 0 Å². The first-order valence-electron chi connectivity index (χ1n) is 5.31. The van der Waals surface area contributed by atoms with E-state index in [9.17, 15) is 14.9 Å². The Labute approximate surface area is 98.3 Å². The molecule has 0 spiro atoms. The van der Waals surface area contributed by atoms with Crippen molar-refractivity contribution < 1.29 is 9.72 Å². The molecule has 5 heteroatoms. The second kappa shape index (κ2) is 4.37. The molecule has 1 aliphatic rings. The summed E-state index contributed by atoms with van der Waals surface area (Å²) in [6.45, 7) is 1.99. The van der Waals surface area contributed by atoms with Crippen LogP contribution in [0, 0.1) is 16.0 Å². The Hall–Kier alpha value is -2.17. The fourth-order valence-electron chi connectivity index (χ4n) is 1.87. The van der Waals surface area contributed by atoms with Crippen LogP contribution in [0.2, 0.25) is 0 Å². The van der Waals surface area contributed by atoms with Gasteiger partial charge in [-0.05, 0) is 17.6 Å². The van der Waals surface area contributed by atoms with E-state index in [0.717, 1.165) is 5.56 Å². The van der Waals surface area contributed by atoms with Crippen molar-refractivity contribution in [2.24, 2.45) is 5.92 Å². The molecule has 1 aromatic rings. The minimum absolute atomic E-state index is 0.0547. The van der Waals surface area contributed by atoms with Crippen molar-refractivity contribution in [3.63, 3.8) is 0 Å². The molecule has 88 valence electrons. The molecule has 0 fully saturated rings. The second-order valence-corrected chi connectivity index (χ2v) is 4.05. The molecular formula is C12H12N2O3. The number of carbonyl (C=O) groups is 1. The lowest BCUT2D eigenvalue weighted by atomic mass is 9.92. The summed E-state index contributed by atoms with van der Waals surface area (Å²) < 4.78 is 0. The molecule has 1 heterocycles. The van der Waals surface area contributed by atoms with Crippen LogP contribution in [0.15, 0.2) is 36.4 Å². The number of nitrogens with zero attached hydrogens (tertiary/aromatic N) is 1. The normalized spacial score (nSPS) is 23.2. The number of hydrogen-bond acceptors (Lipinski definition) is 3. The Bertz CT molecular complexity index is 479. The summed E-state index contributed by atoms with van der Waals surface area (Å²) in [5.41, 5.74) is 0.930. The van der Waals surface area contributed by atoms with Crippen LogP contribution in [0.5, 0.6) is 0 Å². The van der Waals surface area contributed by atoms with Crippen molar-refractivity contribution in [1.82, 2.24) is 5.32 Å². The third kappa shape index (κ3) is 2.33. The van der Waals surface area contributed by atoms with Gasteiger partial charge < -0.3 is 5.32 Å². The Morgan fingerprint density at radius 2 is 1.94 bits per heavy atom. The van der Waals surface area contributed by atoms with E-state index < -0.39 is 4.92 Å². The summed E-state index contributed by atoms with van der Waals surface area (Å²) in [5.74, 6) is 0.0422. The van der Waals surface area contributed by atoms with E-state index in [1.54, 1.807) is 12.1 Å². The fourth-order valence-corrected chi connectivity index (χ4v) is 1.87. The lowest BCUT2D eigenvalue weighted by molar-refractivity contribution is -0.384. The number of nitrogens with one attached hydrogen (secondary N) is 1. The summed E-state index contributed by atoms with van der Waals surface area (Å²) >= 11 is 0. The van der Waals surface area contributed by atoms with Crippen LogP contribution < -0.4 is 5.32 Å². The van der Waals surface area contributed by atoms with Gasteiger partial charge in [0, 0.05) is 12.1 Å². The van der Waals surface area contributed by atoms with Crippen LogP contribution in [0.1, 0.15) is 18.5 Å². The van der Waals surface area contributed by atoms with E-state index in [-0.39, 0.29) is 23.6 Å². The Morgan fingerprint density at radius 3 is 2.53 bits per heavy atom. The van der Waals surface area contributed by atoms with Gasteiger partial charge in [0.1, 0.15) is 0 Å². The maximum Gasteiger partial charge on any atom is 0.269 e. The Kier molecular flexibility index (Phi) is 2.91. The topological polar surface area (TPSA) is 72.2 Å². The molecule has 1 amide bonds. The van der Waals surface area contributed by atoms with Gasteiger partial charge in [-0.2, -0.15) is 0 Å². The summed E-state index contributed by atoms with van der Waals surface area (Å²) in [7, 11) is 0. The molecule has 17 heavy (non-hydrogen) atoms. The number of carbonyl (C=O) groups excluding carboxylic acids is 1. The summed E-state index contributed by atoms with van der Waals surface area (Å²) in [4.78, 5) is 21.4. The molecule has 0 saturated carbocycles. The maximum absolute atomic E-state index is 11.3. The van der Waals surface area contributed by atoms with Gasteiger partial charge in [0.2, 0.25) is 5.91 Å². The van der Waals surface area contributed by atoms with Crippen molar-refractivity contribution in [2.45, 2.75) is 13.0 Å². The van der Waals surface area contributed by atoms with Crippen LogP contribution in [0.3, 0.4) is 0 Å². The average Bonchev–Trinajstić information content (AvgIpc) is 2.32. The monoisotopic (exact) mass is 232 g/mol. The molecule has 2 atom stereocenters. The van der Waals surface area contributed by atoms with Crippen molar-refractivity contribution in [3.8, 4) is 0 Å². The first kappa shape index (κ1) is 11.3. The standard InChI is InChI=1S/C12H12N2O3/c1-8-2-7-11(15)13-12(8)9-3-5-10(6-4-9)14(16)17/h2-8,12H,1H3,(H,13,15)/t8-,12-/m1/s1. The van der Waals surface area contributed by atoms with Gasteiger partial charge in [-0.15, -0.1) is 0 Å². The van der Waals surface area contributed by atoms with Gasteiger partial charge in [0.25, 0.3) is 5.69 Å². The van der Waals surface area contributed by atoms with Crippen LogP contribution >= 0.6 is 0 Å². The summed E-state index contributed by atoms with van der Waals surface area (Å²) in [6.07, 6.45) is 3.34. The predicted molar refractivity (Wildman–Crippen MR) is 62.3 cm³/mol. The zero-order chi connectivity index (χ0) is 12.4. The molecule has 0 aliphatic carbocycles. The maximum atomic E-state index is 11.3. The molecule has 0 unspecified atom stereocenters. The van der Waals surface area contributed by atoms with Crippen LogP contribution in [-0.4, -0.2) is 10.8 Å². The van der Waals surface area contributed by atoms with Crippen molar-refractivity contribution in [3.05, 3.63) is 52.1 Å². The summed E-state index contributed by atoms with van der Waals surface area (Å²) in [6, 6.07) is 6.14. The third-order valence-electron chi connectivity index (χ3n) is 2.84. The number of nitro groups is 1. The number of nitro benzene ring substituents is 1. The van der Waals surface area contributed by atoms with Crippen LogP contribution in [0.25, 0.3) is 0 Å². The zero-order valence-electron chi connectivity index (χ0n) is 9.29. The lowest BCUT2D eigenvalue weighted by Gasteiger charge is -2.26. The highest BCUT2D eigenvalue weighted by molar-refractivity contribution is 5.88. The first-order valence-corrected chi connectivity index (χ1v) is 5.31. The quantitative estimate of drug-likeness (QED) is 0.625. The van der Waals surface area contributed by atoms with Crippen molar-refractivity contribution >= 4 is 11.6 Å². The first-order chi connectivity index (χ1) is 8.08. The van der Waals surface area contributed by atoms with Crippen molar-refractivity contribution in [1.29, 1.82) is 0 Å². The highest BCUT2D eigenvalue weighted by Gasteiger charge is 2.22. The largest absolute Gasteiger partial charge is 0.345 e. The van der Waals surface area contributed by atoms with E-state index in [4.69, 9.17) is 0 Å². The van der Waals surface area contributed by atoms with Crippen LogP contribution in [-0.2, 0) is 4.79 Å². The number of benzene rings is 1. The predicted octanol–water partition coefficient (Wildman–Crippen LogP) is 1.96. The van der Waals surface area contributed by atoms with E-state index >= 15 is 0 Å². The molecule has 1 aliphatic heterocycles. The van der Waals surface area contributed by atoms with Gasteiger partial charge in [0.05, 0.1) is 11.0 Å². The highest BCUT2D eigenvalue weighted by atomic mass is 16.6. The van der Waals surface area contributed by atoms with E-state index in [0.29, 0.717) is 0 Å². The number of rotatable bonds is 2. The second-order valence-electron chi connectivity index (χ2n) is 4.05. The Balaban J connectivity index is 2.25. The number of hydrogen-bond donors (Lipinski definition) is 1. The molecule has 0 bridgehead atoms. The fraction of sp³-hybridized carbons (Fsp3) is 0.250. The molecular weight excluding hydrogens is 220 g/mol. The van der Waals surface area contributed by atoms with E-state index in [2.05, 4.69) is 5.32 Å². The smallest absolute Gasteiger partial charge is 0.269 e. The van der Waals surface area contributed by atoms with Gasteiger partial charge in [-0.1, -0.05) is 25.1 Å². The molecule has 0 radical (unpaired) electrons. The molecule has 0 saturated heterocycles. The van der Waals surface area contributed by atoms with Crippen LogP contribution in [0.4, 0.5) is 5.69 Å². The van der Waals surface area contributed by atoms with Gasteiger partial charge in [-0.3, -0.25) is 14.9 Å². The van der Waals surface area contributed by atoms with Gasteiger partial charge in [-0.25, -0.2) is 0 Å². The minimum Gasteiger partial charge on any atom is -0.345 e. The third-order valence-corrected chi connectivity index (χ3v) is 2.84. The minimum atomic E-state index is -0.438. The molecule has 5 nitrogen and oxygen atoms in total. The van der Waals surface area contributed by atoms with Gasteiger partial charge in [0.15, 0.2) is 0 Å².